The lowest BCUT2D eigenvalue weighted by molar-refractivity contribution is -0.384. The van der Waals surface area contributed by atoms with E-state index in [1.165, 1.54) is 54.8 Å². The van der Waals surface area contributed by atoms with E-state index in [2.05, 4.69) is 15.8 Å². The molecule has 0 aliphatic rings. The Kier molecular flexibility index (Phi) is 10.1. The summed E-state index contributed by atoms with van der Waals surface area (Å²) >= 11 is 0. The Morgan fingerprint density at radius 2 is 1.56 bits per heavy atom. The van der Waals surface area contributed by atoms with Crippen molar-refractivity contribution in [3.05, 3.63) is 136 Å². The van der Waals surface area contributed by atoms with Crippen molar-refractivity contribution in [1.29, 1.82) is 0 Å². The van der Waals surface area contributed by atoms with E-state index in [9.17, 15) is 24.5 Å². The number of carbonyl (C=O) groups excluding carboxylic acids is 3. The van der Waals surface area contributed by atoms with Crippen LogP contribution < -0.4 is 20.2 Å². The number of benzene rings is 4. The fraction of sp³-hybridized carbons (Fsp3) is 0.0625. The molecule has 216 valence electrons. The topological polar surface area (TPSA) is 149 Å². The predicted molar refractivity (Wildman–Crippen MR) is 161 cm³/mol. The molecule has 11 heteroatoms. The number of esters is 1. The van der Waals surface area contributed by atoms with Crippen molar-refractivity contribution in [3.63, 3.8) is 0 Å². The standard InChI is InChI=1S/C32H26N4O7/c1-2-42-29-19-23(13-17-28(29)43-30(37)18-14-22-11-15-27(16-12-22)36(40)41)21-33-35-32(39)25-9-6-10-26(20-25)34-31(38)24-7-4-3-5-8-24/h3-21H,2H2,1H3,(H,34,38)(H,35,39)/b18-14+,33-21?. The highest BCUT2D eigenvalue weighted by Crippen LogP contribution is 2.28. The number of amides is 2. The molecule has 0 spiro atoms. The Hall–Kier alpha value is -6.10. The van der Waals surface area contributed by atoms with Gasteiger partial charge in [-0.2, -0.15) is 5.10 Å². The molecule has 4 aromatic carbocycles. The van der Waals surface area contributed by atoms with E-state index >= 15 is 0 Å². The molecule has 0 aliphatic heterocycles. The first kappa shape index (κ1) is 29.9. The minimum atomic E-state index is -0.671. The van der Waals surface area contributed by atoms with Gasteiger partial charge in [0.25, 0.3) is 17.5 Å². The van der Waals surface area contributed by atoms with Gasteiger partial charge in [0.05, 0.1) is 17.7 Å². The van der Waals surface area contributed by atoms with Gasteiger partial charge in [-0.25, -0.2) is 10.2 Å². The van der Waals surface area contributed by atoms with Crippen LogP contribution in [0.15, 0.2) is 108 Å². The normalized spacial score (nSPS) is 10.8. The Bertz CT molecular complexity index is 1680. The molecule has 0 radical (unpaired) electrons. The lowest BCUT2D eigenvalue weighted by atomic mass is 10.1. The quantitative estimate of drug-likeness (QED) is 0.0585. The van der Waals surface area contributed by atoms with Gasteiger partial charge in [0.15, 0.2) is 11.5 Å². The second-order valence-corrected chi connectivity index (χ2v) is 8.84. The molecular weight excluding hydrogens is 552 g/mol. The van der Waals surface area contributed by atoms with E-state index in [0.717, 1.165) is 0 Å². The number of rotatable bonds is 11. The van der Waals surface area contributed by atoms with Crippen molar-refractivity contribution in [2.24, 2.45) is 5.10 Å². The van der Waals surface area contributed by atoms with Crippen LogP contribution in [0.5, 0.6) is 11.5 Å². The van der Waals surface area contributed by atoms with Gasteiger partial charge in [0.1, 0.15) is 0 Å². The lowest BCUT2D eigenvalue weighted by Gasteiger charge is -2.10. The third kappa shape index (κ3) is 8.69. The van der Waals surface area contributed by atoms with Crippen LogP contribution in [0.25, 0.3) is 6.08 Å². The summed E-state index contributed by atoms with van der Waals surface area (Å²) in [7, 11) is 0. The number of nitro benzene ring substituents is 1. The average molecular weight is 579 g/mol. The number of hydrogen-bond acceptors (Lipinski definition) is 8. The van der Waals surface area contributed by atoms with Gasteiger partial charge in [-0.15, -0.1) is 0 Å². The SMILES string of the molecule is CCOc1cc(C=NNC(=O)c2cccc(NC(=O)c3ccccc3)c2)ccc1OC(=O)/C=C/c1ccc([N+](=O)[O-])cc1. The summed E-state index contributed by atoms with van der Waals surface area (Å²) in [5.74, 6) is -0.985. The van der Waals surface area contributed by atoms with Crippen LogP contribution in [0.1, 0.15) is 38.8 Å². The van der Waals surface area contributed by atoms with Crippen molar-refractivity contribution >= 4 is 41.4 Å². The molecule has 0 aromatic heterocycles. The van der Waals surface area contributed by atoms with E-state index in [1.54, 1.807) is 61.5 Å². The van der Waals surface area contributed by atoms with Gasteiger partial charge in [-0.3, -0.25) is 19.7 Å². The number of anilines is 1. The minimum absolute atomic E-state index is 0.0528. The molecule has 0 bridgehead atoms. The molecule has 0 saturated heterocycles. The fourth-order valence-corrected chi connectivity index (χ4v) is 3.73. The summed E-state index contributed by atoms with van der Waals surface area (Å²) in [5.41, 5.74) is 4.79. The molecule has 0 atom stereocenters. The molecule has 0 unspecified atom stereocenters. The smallest absolute Gasteiger partial charge is 0.336 e. The maximum absolute atomic E-state index is 12.6. The maximum atomic E-state index is 12.6. The summed E-state index contributed by atoms with van der Waals surface area (Å²) in [5, 5.41) is 17.5. The van der Waals surface area contributed by atoms with Gasteiger partial charge in [-0.1, -0.05) is 24.3 Å². The Morgan fingerprint density at radius 1 is 0.837 bits per heavy atom. The maximum Gasteiger partial charge on any atom is 0.336 e. The zero-order valence-electron chi connectivity index (χ0n) is 22.9. The van der Waals surface area contributed by atoms with Gasteiger partial charge >= 0.3 is 5.97 Å². The number of hydrogen-bond donors (Lipinski definition) is 2. The molecule has 2 N–H and O–H groups in total. The molecule has 2 amide bonds. The highest BCUT2D eigenvalue weighted by atomic mass is 16.6. The van der Waals surface area contributed by atoms with E-state index < -0.39 is 16.8 Å². The first-order chi connectivity index (χ1) is 20.8. The summed E-state index contributed by atoms with van der Waals surface area (Å²) in [6.45, 7) is 2.08. The van der Waals surface area contributed by atoms with Crippen molar-refractivity contribution in [3.8, 4) is 11.5 Å². The lowest BCUT2D eigenvalue weighted by Crippen LogP contribution is -2.18. The van der Waals surface area contributed by atoms with Crippen LogP contribution in [0.3, 0.4) is 0 Å². The highest BCUT2D eigenvalue weighted by molar-refractivity contribution is 6.05. The monoisotopic (exact) mass is 578 g/mol. The van der Waals surface area contributed by atoms with Crippen LogP contribution in [-0.2, 0) is 4.79 Å². The first-order valence-corrected chi connectivity index (χ1v) is 13.0. The number of carbonyl (C=O) groups is 3. The fourth-order valence-electron chi connectivity index (χ4n) is 3.73. The largest absolute Gasteiger partial charge is 0.490 e. The van der Waals surface area contributed by atoms with E-state index in [1.807, 2.05) is 6.07 Å². The van der Waals surface area contributed by atoms with E-state index in [-0.39, 0.29) is 23.1 Å². The molecule has 4 rings (SSSR count). The Labute approximate surface area is 246 Å². The third-order valence-electron chi connectivity index (χ3n) is 5.79. The predicted octanol–water partition coefficient (Wildman–Crippen LogP) is 5.63. The second-order valence-electron chi connectivity index (χ2n) is 8.84. The molecule has 11 nitrogen and oxygen atoms in total. The molecule has 43 heavy (non-hydrogen) atoms. The van der Waals surface area contributed by atoms with Crippen molar-refractivity contribution in [1.82, 2.24) is 5.43 Å². The molecule has 4 aromatic rings. The van der Waals surface area contributed by atoms with E-state index in [4.69, 9.17) is 9.47 Å². The van der Waals surface area contributed by atoms with Gasteiger partial charge in [0.2, 0.25) is 0 Å². The summed E-state index contributed by atoms with van der Waals surface area (Å²) in [6, 6.07) is 25.6. The van der Waals surface area contributed by atoms with Crippen LogP contribution in [0.4, 0.5) is 11.4 Å². The average Bonchev–Trinajstić information content (AvgIpc) is 3.02. The Morgan fingerprint density at radius 3 is 2.28 bits per heavy atom. The van der Waals surface area contributed by atoms with Crippen LogP contribution >= 0.6 is 0 Å². The van der Waals surface area contributed by atoms with Gasteiger partial charge in [0, 0.05) is 35.0 Å². The highest BCUT2D eigenvalue weighted by Gasteiger charge is 2.11. The zero-order valence-corrected chi connectivity index (χ0v) is 22.9. The van der Waals surface area contributed by atoms with Crippen LogP contribution in [0.2, 0.25) is 0 Å². The number of ether oxygens (including phenoxy) is 2. The molecule has 0 saturated carbocycles. The summed E-state index contributed by atoms with van der Waals surface area (Å²) < 4.78 is 11.0. The number of non-ortho nitro benzene ring substituents is 1. The minimum Gasteiger partial charge on any atom is -0.490 e. The number of nitro groups is 1. The number of nitrogens with zero attached hydrogens (tertiary/aromatic N) is 2. The molecule has 0 aliphatic carbocycles. The van der Waals surface area contributed by atoms with Crippen LogP contribution in [0, 0.1) is 10.1 Å². The Balaban J connectivity index is 1.36. The van der Waals surface area contributed by atoms with Crippen molar-refractivity contribution in [2.75, 3.05) is 11.9 Å². The summed E-state index contributed by atoms with van der Waals surface area (Å²) in [4.78, 5) is 47.7. The summed E-state index contributed by atoms with van der Waals surface area (Å²) in [6.07, 6.45) is 4.08. The van der Waals surface area contributed by atoms with Gasteiger partial charge < -0.3 is 14.8 Å². The first-order valence-electron chi connectivity index (χ1n) is 13.0. The number of hydrazone groups is 1. The van der Waals surface area contributed by atoms with E-state index in [0.29, 0.717) is 34.5 Å². The van der Waals surface area contributed by atoms with Gasteiger partial charge in [-0.05, 0) is 84.8 Å². The van der Waals surface area contributed by atoms with Crippen LogP contribution in [-0.4, -0.2) is 35.5 Å². The second kappa shape index (κ2) is 14.5. The zero-order chi connectivity index (χ0) is 30.6. The van der Waals surface area contributed by atoms with Crippen molar-refractivity contribution in [2.45, 2.75) is 6.92 Å². The number of nitrogens with one attached hydrogen (secondary N) is 2. The van der Waals surface area contributed by atoms with Crippen molar-refractivity contribution < 1.29 is 28.8 Å². The third-order valence-corrected chi connectivity index (χ3v) is 5.79. The molecule has 0 fully saturated rings. The molecule has 0 heterocycles. The molecular formula is C32H26N4O7.